The van der Waals surface area contributed by atoms with Crippen LogP contribution in [-0.2, 0) is 43.0 Å². The third-order valence-electron chi connectivity index (χ3n) is 11.9. The number of nitrogens with zero attached hydrogens (tertiary/aromatic N) is 4. The molecule has 2 aromatic carbocycles. The van der Waals surface area contributed by atoms with Crippen molar-refractivity contribution in [3.05, 3.63) is 82.0 Å². The van der Waals surface area contributed by atoms with E-state index in [9.17, 15) is 9.59 Å². The highest BCUT2D eigenvalue weighted by molar-refractivity contribution is 7.92. The SMILES string of the molecule is COCC#CCO[C@H]1/C=C\[C@H](OC)[C@@H]2CC[C@H]2CN2C[C@@]3(CCCc4cc(Cl)ccc43)COc3ccc(cc32)C(=O)N=S(=O)(NC(=O)c2cn(C)nc2OC)C[C@H]1C. The van der Waals surface area contributed by atoms with Crippen molar-refractivity contribution in [2.75, 3.05) is 64.9 Å². The Morgan fingerprint density at radius 3 is 2.67 bits per heavy atom. The minimum Gasteiger partial charge on any atom is -0.490 e. The number of hydrogen-bond acceptors (Lipinski definition) is 10. The molecule has 7 atom stereocenters. The minimum absolute atomic E-state index is 0.0431. The van der Waals surface area contributed by atoms with Gasteiger partial charge >= 0.3 is 0 Å². The number of ether oxygens (including phenoxy) is 5. The summed E-state index contributed by atoms with van der Waals surface area (Å²) < 4.78 is 52.9. The zero-order valence-electron chi connectivity index (χ0n) is 33.7. The fourth-order valence-electron chi connectivity index (χ4n) is 8.83. The van der Waals surface area contributed by atoms with Gasteiger partial charge in [-0.05, 0) is 85.4 Å². The van der Waals surface area contributed by atoms with Gasteiger partial charge in [0.25, 0.3) is 11.8 Å². The highest BCUT2D eigenvalue weighted by atomic mass is 35.5. The number of halogens is 1. The van der Waals surface area contributed by atoms with Gasteiger partial charge in [-0.3, -0.25) is 19.0 Å². The van der Waals surface area contributed by atoms with Crippen molar-refractivity contribution >= 4 is 39.0 Å². The zero-order valence-corrected chi connectivity index (χ0v) is 35.3. The lowest BCUT2D eigenvalue weighted by Gasteiger charge is -2.46. The van der Waals surface area contributed by atoms with Crippen LogP contribution in [0.4, 0.5) is 5.69 Å². The zero-order chi connectivity index (χ0) is 41.0. The van der Waals surface area contributed by atoms with Crippen molar-refractivity contribution in [1.29, 1.82) is 0 Å². The molecule has 15 heteroatoms. The fourth-order valence-corrected chi connectivity index (χ4v) is 10.9. The second-order valence-corrected chi connectivity index (χ2v) is 18.2. The molecule has 2 amide bonds. The van der Waals surface area contributed by atoms with Crippen molar-refractivity contribution in [2.24, 2.45) is 29.2 Å². The van der Waals surface area contributed by atoms with Crippen LogP contribution in [0, 0.1) is 29.6 Å². The molecule has 3 heterocycles. The molecule has 1 unspecified atom stereocenters. The van der Waals surface area contributed by atoms with E-state index in [0.29, 0.717) is 25.4 Å². The average Bonchev–Trinajstić information content (AvgIpc) is 3.51. The number of aryl methyl sites for hydroxylation is 2. The Morgan fingerprint density at radius 2 is 1.91 bits per heavy atom. The molecule has 1 saturated carbocycles. The van der Waals surface area contributed by atoms with Crippen molar-refractivity contribution in [2.45, 2.75) is 56.7 Å². The Labute approximate surface area is 346 Å². The van der Waals surface area contributed by atoms with Crippen molar-refractivity contribution in [1.82, 2.24) is 14.5 Å². The lowest BCUT2D eigenvalue weighted by Crippen LogP contribution is -2.49. The van der Waals surface area contributed by atoms with Crippen molar-refractivity contribution in [3.63, 3.8) is 0 Å². The van der Waals surface area contributed by atoms with Crippen LogP contribution in [0.25, 0.3) is 0 Å². The van der Waals surface area contributed by atoms with E-state index >= 15 is 4.21 Å². The summed E-state index contributed by atoms with van der Waals surface area (Å²) in [7, 11) is 2.51. The first-order chi connectivity index (χ1) is 27.9. The maximum Gasteiger partial charge on any atom is 0.286 e. The molecule has 1 spiro atoms. The molecule has 3 aromatic rings. The summed E-state index contributed by atoms with van der Waals surface area (Å²) in [6.45, 7) is 4.01. The van der Waals surface area contributed by atoms with Gasteiger partial charge in [0.15, 0.2) is 0 Å². The number of carbonyl (C=O) groups excluding carboxylic acids is 2. The number of methoxy groups -OCH3 is 3. The molecule has 7 rings (SSSR count). The van der Waals surface area contributed by atoms with Crippen LogP contribution >= 0.6 is 11.6 Å². The summed E-state index contributed by atoms with van der Waals surface area (Å²) in [5, 5.41) is 4.89. The number of nitrogens with one attached hydrogen (secondary N) is 1. The van der Waals surface area contributed by atoms with Crippen LogP contribution in [0.15, 0.2) is 59.1 Å². The molecule has 1 fully saturated rings. The van der Waals surface area contributed by atoms with E-state index in [2.05, 4.69) is 43.1 Å². The molecular formula is C43H52ClN5O8S. The van der Waals surface area contributed by atoms with E-state index in [4.69, 9.17) is 35.3 Å². The smallest absolute Gasteiger partial charge is 0.286 e. The monoisotopic (exact) mass is 833 g/mol. The largest absolute Gasteiger partial charge is 0.490 e. The number of benzene rings is 2. The van der Waals surface area contributed by atoms with Crippen LogP contribution < -0.4 is 19.1 Å². The maximum atomic E-state index is 15.0. The Kier molecular flexibility index (Phi) is 12.8. The second-order valence-electron chi connectivity index (χ2n) is 15.8. The van der Waals surface area contributed by atoms with Crippen molar-refractivity contribution in [3.8, 4) is 23.5 Å². The van der Waals surface area contributed by atoms with E-state index in [1.54, 1.807) is 39.5 Å². The van der Waals surface area contributed by atoms with Crippen LogP contribution in [0.3, 0.4) is 0 Å². The van der Waals surface area contributed by atoms with Gasteiger partial charge in [-0.2, -0.15) is 0 Å². The molecule has 1 N–H and O–H groups in total. The Balaban J connectivity index is 1.32. The van der Waals surface area contributed by atoms with Gasteiger partial charge in [0.05, 0.1) is 37.4 Å². The highest BCUT2D eigenvalue weighted by Gasteiger charge is 2.44. The molecule has 58 heavy (non-hydrogen) atoms. The molecule has 310 valence electrons. The van der Waals surface area contributed by atoms with Crippen LogP contribution in [0.5, 0.6) is 11.6 Å². The first-order valence-electron chi connectivity index (χ1n) is 19.7. The maximum absolute atomic E-state index is 15.0. The number of carbonyl (C=O) groups is 2. The van der Waals surface area contributed by atoms with Gasteiger partial charge < -0.3 is 28.6 Å². The number of amides is 2. The van der Waals surface area contributed by atoms with E-state index in [-0.39, 0.29) is 59.3 Å². The van der Waals surface area contributed by atoms with Crippen LogP contribution in [-0.4, -0.2) is 98.0 Å². The third-order valence-corrected chi connectivity index (χ3v) is 14.0. The van der Waals surface area contributed by atoms with Gasteiger partial charge in [0.2, 0.25) is 5.88 Å². The number of fused-ring (bicyclic) bond motifs is 4. The molecule has 2 aliphatic heterocycles. The van der Waals surface area contributed by atoms with E-state index in [1.165, 1.54) is 29.1 Å². The highest BCUT2D eigenvalue weighted by Crippen LogP contribution is 2.47. The van der Waals surface area contributed by atoms with Crippen molar-refractivity contribution < 1.29 is 37.5 Å². The summed E-state index contributed by atoms with van der Waals surface area (Å²) in [5.74, 6) is 4.86. The Bertz CT molecular complexity index is 2240. The molecule has 2 aliphatic carbocycles. The molecule has 0 saturated heterocycles. The van der Waals surface area contributed by atoms with E-state index in [1.807, 2.05) is 25.1 Å². The first kappa shape index (κ1) is 41.8. The quantitative estimate of drug-likeness (QED) is 0.230. The molecular weight excluding hydrogens is 782 g/mol. The summed E-state index contributed by atoms with van der Waals surface area (Å²) in [4.78, 5) is 30.4. The Hall–Kier alpha value is -4.39. The van der Waals surface area contributed by atoms with Gasteiger partial charge in [-0.1, -0.05) is 48.6 Å². The van der Waals surface area contributed by atoms with Gasteiger partial charge in [0, 0.05) is 62.5 Å². The topological polar surface area (TPSA) is 143 Å². The number of rotatable bonds is 7. The first-order valence-corrected chi connectivity index (χ1v) is 21.8. The lowest BCUT2D eigenvalue weighted by molar-refractivity contribution is 0.0116. The fraction of sp³-hybridized carbons (Fsp3) is 0.512. The van der Waals surface area contributed by atoms with Crippen LogP contribution in [0.2, 0.25) is 5.02 Å². The lowest BCUT2D eigenvalue weighted by atomic mass is 9.68. The van der Waals surface area contributed by atoms with E-state index < -0.39 is 33.8 Å². The molecule has 4 aliphatic rings. The normalized spacial score (nSPS) is 28.6. The Morgan fingerprint density at radius 1 is 1.10 bits per heavy atom. The van der Waals surface area contributed by atoms with Gasteiger partial charge in [0.1, 0.15) is 34.4 Å². The molecule has 2 bridgehead atoms. The van der Waals surface area contributed by atoms with Crippen LogP contribution in [0.1, 0.15) is 64.4 Å². The summed E-state index contributed by atoms with van der Waals surface area (Å²) in [6.07, 6.45) is 9.44. The predicted molar refractivity (Wildman–Crippen MR) is 222 cm³/mol. The minimum atomic E-state index is -3.80. The van der Waals surface area contributed by atoms with Gasteiger partial charge in [-0.25, -0.2) is 4.21 Å². The number of hydrogen-bond donors (Lipinski definition) is 1. The second kappa shape index (κ2) is 17.8. The predicted octanol–water partition coefficient (Wildman–Crippen LogP) is 5.79. The average molecular weight is 834 g/mol. The molecule has 1 aromatic heterocycles. The molecule has 0 radical (unpaired) electrons. The number of aromatic nitrogens is 2. The standard InChI is InChI=1S/C43H52ClN5O8S/c1-28-25-58(52,47-41(51)34-24-48(2)45-42(34)55-5)46-40(50)30-11-15-39-36(22-30)49(26-43(27-57-39)18-8-9-29-21-32(44)12-14-35(29)43)23-31-10-13-33(31)38(54-4)17-16-37(28)56-20-7-6-19-53-3/h11-12,14-17,21-22,24,28,31,33,37-38H,8-10,13,18-20,23,25-27H2,1-5H3,(H,46,47,50,51,52)/b17-16-/t28-,31+,33-,37+,38+,43+,58?/m1/s1. The van der Waals surface area contributed by atoms with E-state index in [0.717, 1.165) is 42.8 Å². The summed E-state index contributed by atoms with van der Waals surface area (Å²) >= 11 is 6.49. The molecule has 13 nitrogen and oxygen atoms in total. The summed E-state index contributed by atoms with van der Waals surface area (Å²) in [5.41, 5.74) is 3.21. The third kappa shape index (κ3) is 8.94. The van der Waals surface area contributed by atoms with Gasteiger partial charge in [-0.15, -0.1) is 9.46 Å². The number of anilines is 1. The summed E-state index contributed by atoms with van der Waals surface area (Å²) in [6, 6.07) is 11.4.